The van der Waals surface area contributed by atoms with Crippen LogP contribution in [0.3, 0.4) is 0 Å². The molecule has 0 aromatic heterocycles. The van der Waals surface area contributed by atoms with Crippen LogP contribution in [0.5, 0.6) is 23.0 Å². The minimum Gasteiger partial charge on any atom is -0.497 e. The number of hydrogen-bond acceptors (Lipinski definition) is 8. The molecule has 0 saturated heterocycles. The monoisotopic (exact) mass is 617 g/mol. The summed E-state index contributed by atoms with van der Waals surface area (Å²) in [4.78, 5) is 12.9. The smallest absolute Gasteiger partial charge is 0.264 e. The molecule has 0 bridgehead atoms. The van der Waals surface area contributed by atoms with Crippen molar-refractivity contribution in [1.29, 1.82) is 0 Å². The Bertz CT molecular complexity index is 1450. The molecule has 0 unspecified atom stereocenters. The summed E-state index contributed by atoms with van der Waals surface area (Å²) >= 11 is 3.43. The number of methoxy groups -OCH3 is 3. The molecule has 3 aromatic rings. The van der Waals surface area contributed by atoms with Crippen molar-refractivity contribution in [2.24, 2.45) is 5.10 Å². The molecule has 10 nitrogen and oxygen atoms in total. The van der Waals surface area contributed by atoms with Gasteiger partial charge in [0.1, 0.15) is 24.7 Å². The predicted molar refractivity (Wildman–Crippen MR) is 153 cm³/mol. The van der Waals surface area contributed by atoms with Gasteiger partial charge in [0.15, 0.2) is 11.5 Å². The molecule has 0 atom stereocenters. The quantitative estimate of drug-likeness (QED) is 0.172. The first-order valence-corrected chi connectivity index (χ1v) is 13.7. The van der Waals surface area contributed by atoms with Crippen LogP contribution in [0.1, 0.15) is 5.56 Å². The molecule has 0 radical (unpaired) electrons. The van der Waals surface area contributed by atoms with Crippen LogP contribution >= 0.6 is 15.9 Å². The van der Waals surface area contributed by atoms with Crippen LogP contribution in [0.4, 0.5) is 5.69 Å². The lowest BCUT2D eigenvalue weighted by Gasteiger charge is -2.25. The van der Waals surface area contributed by atoms with Crippen molar-refractivity contribution in [3.05, 3.63) is 83.4 Å². The predicted octanol–water partition coefficient (Wildman–Crippen LogP) is 4.39. The van der Waals surface area contributed by atoms with Crippen LogP contribution in [0.2, 0.25) is 0 Å². The van der Waals surface area contributed by atoms with Crippen molar-refractivity contribution in [1.82, 2.24) is 5.43 Å². The average molecular weight is 619 g/mol. The maximum atomic E-state index is 13.6. The van der Waals surface area contributed by atoms with Crippen molar-refractivity contribution in [3.8, 4) is 23.0 Å². The van der Waals surface area contributed by atoms with Crippen LogP contribution in [-0.4, -0.2) is 55.0 Å². The minimum absolute atomic E-state index is 0.00174. The number of carbonyl (C=O) groups is 1. The second-order valence-corrected chi connectivity index (χ2v) is 10.5. The molecule has 39 heavy (non-hydrogen) atoms. The molecule has 206 valence electrons. The molecule has 3 aromatic carbocycles. The third-order valence-electron chi connectivity index (χ3n) is 5.27. The van der Waals surface area contributed by atoms with Gasteiger partial charge in [0.25, 0.3) is 15.9 Å². The van der Waals surface area contributed by atoms with Crippen LogP contribution < -0.4 is 28.7 Å². The number of hydrazone groups is 1. The molecule has 0 aliphatic carbocycles. The molecule has 0 spiro atoms. The highest BCUT2D eigenvalue weighted by atomic mass is 79.9. The van der Waals surface area contributed by atoms with Crippen LogP contribution in [-0.2, 0) is 14.8 Å². The molecule has 1 amide bonds. The summed E-state index contributed by atoms with van der Waals surface area (Å²) in [7, 11) is 0.189. The Morgan fingerprint density at radius 3 is 2.38 bits per heavy atom. The molecule has 0 saturated carbocycles. The number of sulfonamides is 1. The Labute approximate surface area is 236 Å². The molecule has 3 rings (SSSR count). The number of nitrogens with zero attached hydrogens (tertiary/aromatic N) is 2. The van der Waals surface area contributed by atoms with E-state index in [4.69, 9.17) is 18.9 Å². The highest BCUT2D eigenvalue weighted by Gasteiger charge is 2.30. The summed E-state index contributed by atoms with van der Waals surface area (Å²) in [5.74, 6) is 0.879. The lowest BCUT2D eigenvalue weighted by Crippen LogP contribution is -2.39. The molecule has 1 N–H and O–H groups in total. The molecule has 12 heteroatoms. The lowest BCUT2D eigenvalue weighted by atomic mass is 10.2. The van der Waals surface area contributed by atoms with E-state index in [2.05, 4.69) is 33.0 Å². The Kier molecular flexibility index (Phi) is 10.4. The van der Waals surface area contributed by atoms with Gasteiger partial charge >= 0.3 is 0 Å². The van der Waals surface area contributed by atoms with Crippen molar-refractivity contribution in [2.45, 2.75) is 4.90 Å². The standard InChI is InChI=1S/C27H28BrN3O7S/c1-5-13-38-27-22(28)14-19(15-25(27)37-4)17-29-30-26(32)18-31(39(33,34)21-9-7-6-8-10-21)23-16-20(35-2)11-12-24(23)36-3/h5-12,14-17H,1,13,18H2,2-4H3,(H,30,32)/b29-17-. The third kappa shape index (κ3) is 7.30. The summed E-state index contributed by atoms with van der Waals surface area (Å²) in [6.45, 7) is 3.34. The summed E-state index contributed by atoms with van der Waals surface area (Å²) in [6.07, 6.45) is 3.00. The van der Waals surface area contributed by atoms with Gasteiger partial charge in [-0.3, -0.25) is 9.10 Å². The zero-order valence-electron chi connectivity index (χ0n) is 21.6. The van der Waals surface area contributed by atoms with Gasteiger partial charge in [0.2, 0.25) is 0 Å². The number of benzene rings is 3. The maximum Gasteiger partial charge on any atom is 0.264 e. The van der Waals surface area contributed by atoms with Gasteiger partial charge in [-0.1, -0.05) is 30.9 Å². The van der Waals surface area contributed by atoms with Gasteiger partial charge in [0.05, 0.1) is 42.6 Å². The second-order valence-electron chi connectivity index (χ2n) is 7.79. The van der Waals surface area contributed by atoms with Crippen LogP contribution in [0.15, 0.2) is 87.8 Å². The molecule has 0 heterocycles. The molecular weight excluding hydrogens is 590 g/mol. The number of nitrogens with one attached hydrogen (secondary N) is 1. The van der Waals surface area contributed by atoms with E-state index in [0.717, 1.165) is 4.31 Å². The number of ether oxygens (including phenoxy) is 4. The van der Waals surface area contributed by atoms with E-state index in [9.17, 15) is 13.2 Å². The van der Waals surface area contributed by atoms with E-state index in [1.807, 2.05) is 0 Å². The highest BCUT2D eigenvalue weighted by molar-refractivity contribution is 9.10. The van der Waals surface area contributed by atoms with Crippen LogP contribution in [0.25, 0.3) is 0 Å². The van der Waals surface area contributed by atoms with Gasteiger partial charge in [-0.05, 0) is 57.9 Å². The van der Waals surface area contributed by atoms with Gasteiger partial charge in [-0.2, -0.15) is 5.10 Å². The number of amides is 1. The van der Waals surface area contributed by atoms with E-state index in [0.29, 0.717) is 33.9 Å². The lowest BCUT2D eigenvalue weighted by molar-refractivity contribution is -0.119. The molecule has 0 aliphatic heterocycles. The van der Waals surface area contributed by atoms with Crippen LogP contribution in [0, 0.1) is 0 Å². The van der Waals surface area contributed by atoms with Gasteiger partial charge < -0.3 is 18.9 Å². The Morgan fingerprint density at radius 2 is 1.74 bits per heavy atom. The zero-order valence-corrected chi connectivity index (χ0v) is 24.0. The number of halogens is 1. The number of hydrogen-bond donors (Lipinski definition) is 1. The minimum atomic E-state index is -4.17. The van der Waals surface area contributed by atoms with E-state index in [1.165, 1.54) is 45.7 Å². The molecule has 0 fully saturated rings. The summed E-state index contributed by atoms with van der Waals surface area (Å²) in [5, 5.41) is 3.99. The SMILES string of the molecule is C=CCOc1c(Br)cc(/C=N\NC(=O)CN(c2cc(OC)ccc2OC)S(=O)(=O)c2ccccc2)cc1OC. The van der Waals surface area contributed by atoms with Crippen molar-refractivity contribution in [2.75, 3.05) is 38.8 Å². The largest absolute Gasteiger partial charge is 0.497 e. The fourth-order valence-electron chi connectivity index (χ4n) is 3.45. The Hall–Kier alpha value is -4.03. The highest BCUT2D eigenvalue weighted by Crippen LogP contribution is 2.37. The molecule has 0 aliphatic rings. The van der Waals surface area contributed by atoms with E-state index in [-0.39, 0.29) is 16.3 Å². The van der Waals surface area contributed by atoms with Gasteiger partial charge in [-0.15, -0.1) is 0 Å². The first-order chi connectivity index (χ1) is 18.7. The fourth-order valence-corrected chi connectivity index (χ4v) is 5.47. The Morgan fingerprint density at radius 1 is 1.03 bits per heavy atom. The Balaban J connectivity index is 1.89. The van der Waals surface area contributed by atoms with E-state index < -0.39 is 22.5 Å². The second kappa shape index (κ2) is 13.7. The van der Waals surface area contributed by atoms with Crippen molar-refractivity contribution in [3.63, 3.8) is 0 Å². The number of carbonyl (C=O) groups excluding carboxylic acids is 1. The normalized spacial score (nSPS) is 11.1. The maximum absolute atomic E-state index is 13.6. The van der Waals surface area contributed by atoms with Crippen molar-refractivity contribution >= 4 is 43.8 Å². The van der Waals surface area contributed by atoms with Crippen molar-refractivity contribution < 1.29 is 32.2 Å². The van der Waals surface area contributed by atoms with Gasteiger partial charge in [0, 0.05) is 6.07 Å². The third-order valence-corrected chi connectivity index (χ3v) is 7.64. The average Bonchev–Trinajstić information content (AvgIpc) is 2.95. The summed E-state index contributed by atoms with van der Waals surface area (Å²) < 4.78 is 50.4. The number of rotatable bonds is 13. The van der Waals surface area contributed by atoms with E-state index >= 15 is 0 Å². The first kappa shape index (κ1) is 29.5. The van der Waals surface area contributed by atoms with Gasteiger partial charge in [-0.25, -0.2) is 13.8 Å². The summed E-state index contributed by atoms with van der Waals surface area (Å²) in [6, 6.07) is 15.8. The molecular formula is C27H28BrN3O7S. The number of anilines is 1. The zero-order chi connectivity index (χ0) is 28.4. The van der Waals surface area contributed by atoms with E-state index in [1.54, 1.807) is 48.5 Å². The topological polar surface area (TPSA) is 116 Å². The summed E-state index contributed by atoms with van der Waals surface area (Å²) in [5.41, 5.74) is 3.10. The fraction of sp³-hybridized carbons (Fsp3) is 0.185. The first-order valence-electron chi connectivity index (χ1n) is 11.5.